The number of rotatable bonds is 3. The summed E-state index contributed by atoms with van der Waals surface area (Å²) in [6, 6.07) is 5.74. The molecular weight excluding hydrogens is 209 g/mol. The van der Waals surface area contributed by atoms with Gasteiger partial charge in [-0.15, -0.1) is 0 Å². The second-order valence-electron chi connectivity index (χ2n) is 4.33. The van der Waals surface area contributed by atoms with E-state index in [1.54, 1.807) is 26.8 Å². The van der Waals surface area contributed by atoms with Crippen molar-refractivity contribution in [3.63, 3.8) is 0 Å². The highest BCUT2D eigenvalue weighted by Gasteiger charge is 2.27. The molecule has 3 nitrogen and oxygen atoms in total. The van der Waals surface area contributed by atoms with Gasteiger partial charge in [-0.1, -0.05) is 12.1 Å². The summed E-state index contributed by atoms with van der Waals surface area (Å²) in [4.78, 5) is 11.7. The average molecular weight is 225 g/mol. The van der Waals surface area contributed by atoms with Gasteiger partial charge in [0.2, 0.25) is 0 Å². The van der Waals surface area contributed by atoms with Crippen molar-refractivity contribution in [3.05, 3.63) is 35.6 Å². The van der Waals surface area contributed by atoms with Crippen molar-refractivity contribution in [1.29, 1.82) is 0 Å². The lowest BCUT2D eigenvalue weighted by atomic mass is 9.98. The number of aliphatic hydroxyl groups is 1. The Morgan fingerprint density at radius 1 is 1.44 bits per heavy atom. The molecule has 0 aliphatic rings. The number of benzene rings is 1. The fourth-order valence-corrected chi connectivity index (χ4v) is 1.11. The van der Waals surface area contributed by atoms with Gasteiger partial charge in [0.25, 0.3) is 5.91 Å². The zero-order valence-corrected chi connectivity index (χ0v) is 9.62. The van der Waals surface area contributed by atoms with Gasteiger partial charge in [0.15, 0.2) is 0 Å². The molecule has 0 spiro atoms. The lowest BCUT2D eigenvalue weighted by Crippen LogP contribution is -2.51. The molecule has 0 aromatic heterocycles. The number of halogens is 1. The lowest BCUT2D eigenvalue weighted by Gasteiger charge is -2.29. The Morgan fingerprint density at radius 3 is 2.50 bits per heavy atom. The SMILES string of the molecule is CC(O)C(C)(C)NC(=O)c1ccccc1F. The first kappa shape index (κ1) is 12.6. The molecule has 0 bridgehead atoms. The minimum absolute atomic E-state index is 0.0174. The number of carbonyl (C=O) groups excluding carboxylic acids is 1. The van der Waals surface area contributed by atoms with Crippen molar-refractivity contribution in [3.8, 4) is 0 Å². The van der Waals surface area contributed by atoms with Crippen LogP contribution in [0.25, 0.3) is 0 Å². The van der Waals surface area contributed by atoms with E-state index < -0.39 is 23.4 Å². The maximum Gasteiger partial charge on any atom is 0.254 e. The van der Waals surface area contributed by atoms with Crippen LogP contribution in [-0.4, -0.2) is 22.7 Å². The van der Waals surface area contributed by atoms with Crippen molar-refractivity contribution in [1.82, 2.24) is 5.32 Å². The quantitative estimate of drug-likeness (QED) is 0.822. The number of amides is 1. The summed E-state index contributed by atoms with van der Waals surface area (Å²) in [5.74, 6) is -1.09. The van der Waals surface area contributed by atoms with Crippen LogP contribution in [0.2, 0.25) is 0 Å². The van der Waals surface area contributed by atoms with E-state index in [9.17, 15) is 14.3 Å². The Morgan fingerprint density at radius 2 is 2.00 bits per heavy atom. The average Bonchev–Trinajstić information content (AvgIpc) is 2.17. The van der Waals surface area contributed by atoms with Crippen LogP contribution in [0.3, 0.4) is 0 Å². The number of nitrogens with one attached hydrogen (secondary N) is 1. The predicted octanol–water partition coefficient (Wildman–Crippen LogP) is 1.71. The molecule has 1 unspecified atom stereocenters. The first-order valence-electron chi connectivity index (χ1n) is 5.09. The van der Waals surface area contributed by atoms with Gasteiger partial charge in [-0.05, 0) is 32.9 Å². The molecule has 0 aliphatic heterocycles. The largest absolute Gasteiger partial charge is 0.391 e. The summed E-state index contributed by atoms with van der Waals surface area (Å²) in [5.41, 5.74) is -0.810. The summed E-state index contributed by atoms with van der Waals surface area (Å²) >= 11 is 0. The van der Waals surface area contributed by atoms with Crippen molar-refractivity contribution >= 4 is 5.91 Å². The van der Waals surface area contributed by atoms with Crippen LogP contribution in [0.1, 0.15) is 31.1 Å². The van der Waals surface area contributed by atoms with Crippen LogP contribution >= 0.6 is 0 Å². The van der Waals surface area contributed by atoms with Crippen LogP contribution in [0, 0.1) is 5.82 Å². The number of hydrogen-bond donors (Lipinski definition) is 2. The van der Waals surface area contributed by atoms with Crippen LogP contribution in [-0.2, 0) is 0 Å². The molecule has 1 aromatic carbocycles. The maximum atomic E-state index is 13.3. The lowest BCUT2D eigenvalue weighted by molar-refractivity contribution is 0.0706. The van der Waals surface area contributed by atoms with Gasteiger partial charge in [-0.2, -0.15) is 0 Å². The second-order valence-corrected chi connectivity index (χ2v) is 4.33. The minimum atomic E-state index is -0.792. The molecular formula is C12H16FNO2. The van der Waals surface area contributed by atoms with Crippen molar-refractivity contribution in [2.75, 3.05) is 0 Å². The Bertz CT molecular complexity index is 388. The van der Waals surface area contributed by atoms with Crippen LogP contribution in [0.4, 0.5) is 4.39 Å². The van der Waals surface area contributed by atoms with Crippen molar-refractivity contribution in [2.24, 2.45) is 0 Å². The first-order valence-corrected chi connectivity index (χ1v) is 5.09. The first-order chi connectivity index (χ1) is 7.34. The number of hydrogen-bond acceptors (Lipinski definition) is 2. The zero-order chi connectivity index (χ0) is 12.3. The van der Waals surface area contributed by atoms with E-state index in [0.29, 0.717) is 0 Å². The highest BCUT2D eigenvalue weighted by atomic mass is 19.1. The van der Waals surface area contributed by atoms with E-state index >= 15 is 0 Å². The minimum Gasteiger partial charge on any atom is -0.391 e. The highest BCUT2D eigenvalue weighted by Crippen LogP contribution is 2.12. The molecule has 4 heteroatoms. The van der Waals surface area contributed by atoms with Gasteiger partial charge in [-0.25, -0.2) is 4.39 Å². The van der Waals surface area contributed by atoms with Gasteiger partial charge in [-0.3, -0.25) is 4.79 Å². The summed E-state index contributed by atoms with van der Waals surface area (Å²) in [5, 5.41) is 12.0. The molecule has 0 aliphatic carbocycles. The molecule has 0 heterocycles. The normalized spacial score (nSPS) is 13.3. The van der Waals surface area contributed by atoms with Gasteiger partial charge < -0.3 is 10.4 Å². The Balaban J connectivity index is 2.85. The molecule has 16 heavy (non-hydrogen) atoms. The monoisotopic (exact) mass is 225 g/mol. The van der Waals surface area contributed by atoms with Crippen LogP contribution in [0.15, 0.2) is 24.3 Å². The summed E-state index contributed by atoms with van der Waals surface area (Å²) in [6.45, 7) is 4.93. The maximum absolute atomic E-state index is 13.3. The van der Waals surface area contributed by atoms with Gasteiger partial charge in [0.1, 0.15) is 5.82 Å². The Hall–Kier alpha value is -1.42. The number of carbonyl (C=O) groups is 1. The Kier molecular flexibility index (Phi) is 3.65. The standard InChI is InChI=1S/C12H16FNO2/c1-8(15)12(2,3)14-11(16)9-6-4-5-7-10(9)13/h4-8,15H,1-3H3,(H,14,16). The van der Waals surface area contributed by atoms with Crippen molar-refractivity contribution < 1.29 is 14.3 Å². The van der Waals surface area contributed by atoms with E-state index in [2.05, 4.69) is 5.32 Å². The third-order valence-electron chi connectivity index (χ3n) is 2.60. The van der Waals surface area contributed by atoms with E-state index in [-0.39, 0.29) is 5.56 Å². The molecule has 2 N–H and O–H groups in total. The van der Waals surface area contributed by atoms with E-state index in [0.717, 1.165) is 0 Å². The zero-order valence-electron chi connectivity index (χ0n) is 9.62. The predicted molar refractivity (Wildman–Crippen MR) is 59.6 cm³/mol. The third kappa shape index (κ3) is 2.79. The topological polar surface area (TPSA) is 49.3 Å². The molecule has 0 radical (unpaired) electrons. The second kappa shape index (κ2) is 4.61. The molecule has 0 saturated carbocycles. The molecule has 1 rings (SSSR count). The van der Waals surface area contributed by atoms with Crippen LogP contribution < -0.4 is 5.32 Å². The molecule has 0 saturated heterocycles. The number of aliphatic hydroxyl groups excluding tert-OH is 1. The van der Waals surface area contributed by atoms with E-state index in [4.69, 9.17) is 0 Å². The fraction of sp³-hybridized carbons (Fsp3) is 0.417. The smallest absolute Gasteiger partial charge is 0.254 e. The van der Waals surface area contributed by atoms with Crippen LogP contribution in [0.5, 0.6) is 0 Å². The fourth-order valence-electron chi connectivity index (χ4n) is 1.11. The van der Waals surface area contributed by atoms with Gasteiger partial charge >= 0.3 is 0 Å². The summed E-state index contributed by atoms with van der Waals surface area (Å²) < 4.78 is 13.3. The van der Waals surface area contributed by atoms with E-state index in [1.807, 2.05) is 0 Å². The third-order valence-corrected chi connectivity index (χ3v) is 2.60. The van der Waals surface area contributed by atoms with E-state index in [1.165, 1.54) is 18.2 Å². The summed E-state index contributed by atoms with van der Waals surface area (Å²) in [6.07, 6.45) is -0.719. The summed E-state index contributed by atoms with van der Waals surface area (Å²) in [7, 11) is 0. The van der Waals surface area contributed by atoms with Gasteiger partial charge in [0.05, 0.1) is 17.2 Å². The van der Waals surface area contributed by atoms with Gasteiger partial charge in [0, 0.05) is 0 Å². The molecule has 0 fully saturated rings. The highest BCUT2D eigenvalue weighted by molar-refractivity contribution is 5.94. The van der Waals surface area contributed by atoms with Crippen molar-refractivity contribution in [2.45, 2.75) is 32.4 Å². The molecule has 1 amide bonds. The molecule has 1 atom stereocenters. The molecule has 1 aromatic rings. The Labute approximate surface area is 94.3 Å². The molecule has 88 valence electrons.